The summed E-state index contributed by atoms with van der Waals surface area (Å²) in [4.78, 5) is 12.3. The van der Waals surface area contributed by atoms with Gasteiger partial charge < -0.3 is 10.6 Å². The second kappa shape index (κ2) is 8.27. The van der Waals surface area contributed by atoms with Gasteiger partial charge in [0, 0.05) is 21.6 Å². The zero-order valence-electron chi connectivity index (χ0n) is 13.8. The number of nitrogens with two attached hydrogens (primary N) is 1. The summed E-state index contributed by atoms with van der Waals surface area (Å²) in [5.74, 6) is 0.483. The van der Waals surface area contributed by atoms with E-state index in [2.05, 4.69) is 52.5 Å². The first-order valence-electron chi connectivity index (χ1n) is 7.91. The molecule has 1 atom stereocenters. The van der Waals surface area contributed by atoms with Gasteiger partial charge in [-0.05, 0) is 30.7 Å². The molecule has 0 aromatic heterocycles. The van der Waals surface area contributed by atoms with Crippen LogP contribution in [0.3, 0.4) is 0 Å². The van der Waals surface area contributed by atoms with Crippen LogP contribution in [0, 0.1) is 12.8 Å². The lowest BCUT2D eigenvalue weighted by atomic mass is 9.96. The highest BCUT2D eigenvalue weighted by Gasteiger charge is 2.20. The Balaban J connectivity index is 1.97. The molecule has 4 heteroatoms. The minimum atomic E-state index is 0.0250. The highest BCUT2D eigenvalue weighted by atomic mass is 79.9. The fourth-order valence-electron chi connectivity index (χ4n) is 2.67. The van der Waals surface area contributed by atoms with Gasteiger partial charge in [0.1, 0.15) is 6.04 Å². The molecule has 0 heterocycles. The van der Waals surface area contributed by atoms with Gasteiger partial charge in [-0.3, -0.25) is 4.79 Å². The van der Waals surface area contributed by atoms with Gasteiger partial charge in [-0.1, -0.05) is 60.1 Å². The van der Waals surface area contributed by atoms with Crippen LogP contribution in [0.4, 0.5) is 5.69 Å². The molecule has 2 aromatic carbocycles. The van der Waals surface area contributed by atoms with Crippen molar-refractivity contribution in [2.75, 3.05) is 11.9 Å². The van der Waals surface area contributed by atoms with Crippen LogP contribution < -0.4 is 10.6 Å². The zero-order valence-corrected chi connectivity index (χ0v) is 15.4. The molecule has 122 valence electrons. The van der Waals surface area contributed by atoms with Crippen LogP contribution in [0.2, 0.25) is 0 Å². The van der Waals surface area contributed by atoms with Crippen LogP contribution in [0.25, 0.3) is 0 Å². The van der Waals surface area contributed by atoms with Crippen molar-refractivity contribution in [2.45, 2.75) is 26.8 Å². The van der Waals surface area contributed by atoms with E-state index in [9.17, 15) is 4.79 Å². The molecule has 1 amide bonds. The number of hydrogen-bond donors (Lipinski definition) is 2. The van der Waals surface area contributed by atoms with Gasteiger partial charge in [-0.25, -0.2) is 0 Å². The smallest absolute Gasteiger partial charge is 0.279 e. The van der Waals surface area contributed by atoms with Crippen molar-refractivity contribution in [1.29, 1.82) is 0 Å². The number of anilines is 1. The first-order valence-corrected chi connectivity index (χ1v) is 8.71. The Labute approximate surface area is 146 Å². The number of benzene rings is 2. The first kappa shape index (κ1) is 17.7. The standard InChI is InChI=1S/C19H23BrN2O/c1-13(2)19(15-7-5-4-6-8-15)21-12-18(23)22-17-10-9-16(20)11-14(17)3/h4-11,13,19,21H,12H2,1-3H3,(H,22,23)/p+1/t19-/m0/s1. The van der Waals surface area contributed by atoms with Crippen LogP contribution >= 0.6 is 15.9 Å². The second-order valence-electron chi connectivity index (χ2n) is 6.13. The third-order valence-corrected chi connectivity index (χ3v) is 4.42. The molecule has 0 aliphatic heterocycles. The van der Waals surface area contributed by atoms with Gasteiger partial charge in [0.15, 0.2) is 6.54 Å². The Hall–Kier alpha value is -1.65. The number of rotatable bonds is 6. The average Bonchev–Trinajstić information content (AvgIpc) is 2.51. The molecule has 0 aliphatic carbocycles. The summed E-state index contributed by atoms with van der Waals surface area (Å²) < 4.78 is 1.02. The number of quaternary nitrogens is 1. The molecule has 2 rings (SSSR count). The van der Waals surface area contributed by atoms with Crippen LogP contribution in [0.5, 0.6) is 0 Å². The maximum Gasteiger partial charge on any atom is 0.279 e. The minimum absolute atomic E-state index is 0.0250. The lowest BCUT2D eigenvalue weighted by Gasteiger charge is -2.19. The Morgan fingerprint density at radius 1 is 1.17 bits per heavy atom. The summed E-state index contributed by atoms with van der Waals surface area (Å²) in [6.07, 6.45) is 0. The minimum Gasteiger partial charge on any atom is -0.332 e. The molecule has 0 bridgehead atoms. The van der Waals surface area contributed by atoms with Gasteiger partial charge in [-0.2, -0.15) is 0 Å². The SMILES string of the molecule is Cc1cc(Br)ccc1NC(=O)C[NH2+][C@H](c1ccccc1)C(C)C. The summed E-state index contributed by atoms with van der Waals surface area (Å²) in [6, 6.07) is 16.5. The molecule has 0 spiro atoms. The largest absolute Gasteiger partial charge is 0.332 e. The van der Waals surface area contributed by atoms with Crippen molar-refractivity contribution < 1.29 is 10.1 Å². The van der Waals surface area contributed by atoms with Crippen LogP contribution in [0.15, 0.2) is 53.0 Å². The molecule has 0 unspecified atom stereocenters. The maximum atomic E-state index is 12.3. The number of aryl methyl sites for hydroxylation is 1. The first-order chi connectivity index (χ1) is 11.0. The molecule has 0 saturated heterocycles. The number of hydrogen-bond acceptors (Lipinski definition) is 1. The van der Waals surface area contributed by atoms with E-state index in [-0.39, 0.29) is 11.9 Å². The Bertz CT molecular complexity index is 656. The molecule has 0 saturated carbocycles. The van der Waals surface area contributed by atoms with Crippen molar-refractivity contribution in [3.8, 4) is 0 Å². The number of halogens is 1. The van der Waals surface area contributed by atoms with E-state index in [0.717, 1.165) is 15.7 Å². The molecular weight excluding hydrogens is 352 g/mol. The predicted molar refractivity (Wildman–Crippen MR) is 98.3 cm³/mol. The molecular formula is C19H24BrN2O+. The Kier molecular flexibility index (Phi) is 6.37. The van der Waals surface area contributed by atoms with Crippen molar-refractivity contribution in [1.82, 2.24) is 0 Å². The van der Waals surface area contributed by atoms with E-state index in [1.165, 1.54) is 5.56 Å². The predicted octanol–water partition coefficient (Wildman–Crippen LogP) is 3.66. The number of amides is 1. The van der Waals surface area contributed by atoms with Crippen LogP contribution in [-0.4, -0.2) is 12.5 Å². The topological polar surface area (TPSA) is 45.7 Å². The number of nitrogens with one attached hydrogen (secondary N) is 1. The lowest BCUT2D eigenvalue weighted by Crippen LogP contribution is -2.88. The van der Waals surface area contributed by atoms with E-state index in [1.807, 2.05) is 43.3 Å². The van der Waals surface area contributed by atoms with Crippen molar-refractivity contribution in [3.05, 3.63) is 64.1 Å². The van der Waals surface area contributed by atoms with E-state index in [4.69, 9.17) is 0 Å². The van der Waals surface area contributed by atoms with Gasteiger partial charge in [0.25, 0.3) is 5.91 Å². The molecule has 23 heavy (non-hydrogen) atoms. The fourth-order valence-corrected chi connectivity index (χ4v) is 3.15. The highest BCUT2D eigenvalue weighted by molar-refractivity contribution is 9.10. The van der Waals surface area contributed by atoms with Crippen molar-refractivity contribution in [3.63, 3.8) is 0 Å². The van der Waals surface area contributed by atoms with E-state index in [0.29, 0.717) is 12.5 Å². The molecule has 0 radical (unpaired) electrons. The van der Waals surface area contributed by atoms with Gasteiger partial charge >= 0.3 is 0 Å². The molecule has 2 aromatic rings. The van der Waals surface area contributed by atoms with Crippen LogP contribution in [0.1, 0.15) is 31.0 Å². The Morgan fingerprint density at radius 2 is 1.87 bits per heavy atom. The Morgan fingerprint density at radius 3 is 2.48 bits per heavy atom. The lowest BCUT2D eigenvalue weighted by molar-refractivity contribution is -0.692. The van der Waals surface area contributed by atoms with Crippen molar-refractivity contribution in [2.24, 2.45) is 5.92 Å². The fraction of sp³-hybridized carbons (Fsp3) is 0.316. The summed E-state index contributed by atoms with van der Waals surface area (Å²) in [5.41, 5.74) is 3.18. The third kappa shape index (κ3) is 5.19. The average molecular weight is 376 g/mol. The zero-order chi connectivity index (χ0) is 16.8. The summed E-state index contributed by atoms with van der Waals surface area (Å²) >= 11 is 3.44. The highest BCUT2D eigenvalue weighted by Crippen LogP contribution is 2.20. The molecule has 0 fully saturated rings. The van der Waals surface area contributed by atoms with Crippen LogP contribution in [-0.2, 0) is 4.79 Å². The quantitative estimate of drug-likeness (QED) is 0.794. The van der Waals surface area contributed by atoms with E-state index in [1.54, 1.807) is 0 Å². The number of carbonyl (C=O) groups is 1. The maximum absolute atomic E-state index is 12.3. The summed E-state index contributed by atoms with van der Waals surface area (Å²) in [7, 11) is 0. The number of carbonyl (C=O) groups excluding carboxylic acids is 1. The van der Waals surface area contributed by atoms with E-state index >= 15 is 0 Å². The van der Waals surface area contributed by atoms with Crippen molar-refractivity contribution >= 4 is 27.5 Å². The monoisotopic (exact) mass is 375 g/mol. The summed E-state index contributed by atoms with van der Waals surface area (Å²) in [6.45, 7) is 6.77. The van der Waals surface area contributed by atoms with Gasteiger partial charge in [-0.15, -0.1) is 0 Å². The third-order valence-electron chi connectivity index (χ3n) is 3.92. The normalized spacial score (nSPS) is 12.2. The molecule has 0 aliphatic rings. The summed E-state index contributed by atoms with van der Waals surface area (Å²) in [5, 5.41) is 5.11. The van der Waals surface area contributed by atoms with E-state index < -0.39 is 0 Å². The molecule has 3 N–H and O–H groups in total. The van der Waals surface area contributed by atoms with Gasteiger partial charge in [0.2, 0.25) is 0 Å². The van der Waals surface area contributed by atoms with Gasteiger partial charge in [0.05, 0.1) is 0 Å². The second-order valence-corrected chi connectivity index (χ2v) is 7.04. The molecule has 3 nitrogen and oxygen atoms in total.